The van der Waals surface area contributed by atoms with E-state index in [2.05, 4.69) is 15.3 Å². The third kappa shape index (κ3) is 4.82. The highest BCUT2D eigenvalue weighted by molar-refractivity contribution is 8.00. The molecule has 1 atom stereocenters. The van der Waals surface area contributed by atoms with E-state index in [0.717, 1.165) is 11.1 Å². The second-order valence-electron chi connectivity index (χ2n) is 4.65. The monoisotopic (exact) mass is 305 g/mol. The summed E-state index contributed by atoms with van der Waals surface area (Å²) >= 11 is 1.30. The van der Waals surface area contributed by atoms with Crippen LogP contribution in [0.3, 0.4) is 0 Å². The first-order valence-electron chi connectivity index (χ1n) is 6.52. The van der Waals surface area contributed by atoms with Crippen molar-refractivity contribution in [1.82, 2.24) is 15.3 Å². The summed E-state index contributed by atoms with van der Waals surface area (Å²) in [6.45, 7) is 4.08. The highest BCUT2D eigenvalue weighted by Crippen LogP contribution is 2.18. The van der Waals surface area contributed by atoms with Crippen LogP contribution in [0.25, 0.3) is 0 Å². The number of hydrogen-bond acceptors (Lipinski definition) is 4. The fraction of sp³-hybridized carbons (Fsp3) is 0.267. The van der Waals surface area contributed by atoms with Gasteiger partial charge in [-0.05, 0) is 37.1 Å². The summed E-state index contributed by atoms with van der Waals surface area (Å²) in [4.78, 5) is 20.3. The van der Waals surface area contributed by atoms with Gasteiger partial charge in [0, 0.05) is 18.9 Å². The summed E-state index contributed by atoms with van der Waals surface area (Å²) in [5.74, 6) is -0.390. The largest absolute Gasteiger partial charge is 0.351 e. The van der Waals surface area contributed by atoms with E-state index in [1.54, 1.807) is 31.5 Å². The van der Waals surface area contributed by atoms with Crippen LogP contribution in [0.4, 0.5) is 4.39 Å². The van der Waals surface area contributed by atoms with E-state index in [-0.39, 0.29) is 17.0 Å². The molecule has 0 bridgehead atoms. The Labute approximate surface area is 127 Å². The summed E-state index contributed by atoms with van der Waals surface area (Å²) in [7, 11) is 0. The zero-order chi connectivity index (χ0) is 15.2. The van der Waals surface area contributed by atoms with Crippen molar-refractivity contribution in [3.63, 3.8) is 0 Å². The van der Waals surface area contributed by atoms with Gasteiger partial charge in [0.1, 0.15) is 5.82 Å². The van der Waals surface area contributed by atoms with Gasteiger partial charge in [-0.25, -0.2) is 14.4 Å². The third-order valence-corrected chi connectivity index (χ3v) is 3.78. The number of thioether (sulfide) groups is 1. The summed E-state index contributed by atoms with van der Waals surface area (Å²) in [6.07, 6.45) is 3.44. The van der Waals surface area contributed by atoms with E-state index in [4.69, 9.17) is 0 Å². The molecule has 2 aromatic rings. The zero-order valence-electron chi connectivity index (χ0n) is 11.8. The Balaban J connectivity index is 1.84. The Morgan fingerprint density at radius 2 is 1.90 bits per heavy atom. The highest BCUT2D eigenvalue weighted by Gasteiger charge is 2.15. The van der Waals surface area contributed by atoms with Gasteiger partial charge in [0.15, 0.2) is 5.16 Å². The van der Waals surface area contributed by atoms with Crippen molar-refractivity contribution in [3.05, 3.63) is 53.6 Å². The lowest BCUT2D eigenvalue weighted by atomic mass is 10.2. The van der Waals surface area contributed by atoms with Crippen molar-refractivity contribution in [3.8, 4) is 0 Å². The molecule has 0 radical (unpaired) electrons. The van der Waals surface area contributed by atoms with Crippen LogP contribution in [-0.2, 0) is 11.3 Å². The number of aryl methyl sites for hydroxylation is 1. The minimum Gasteiger partial charge on any atom is -0.351 e. The molecular weight excluding hydrogens is 289 g/mol. The second kappa shape index (κ2) is 7.17. The number of hydrogen-bond donors (Lipinski definition) is 1. The Morgan fingerprint density at radius 1 is 1.29 bits per heavy atom. The van der Waals surface area contributed by atoms with E-state index in [9.17, 15) is 9.18 Å². The van der Waals surface area contributed by atoms with Crippen LogP contribution in [0, 0.1) is 12.7 Å². The van der Waals surface area contributed by atoms with E-state index in [1.165, 1.54) is 23.9 Å². The van der Waals surface area contributed by atoms with Crippen molar-refractivity contribution < 1.29 is 9.18 Å². The van der Waals surface area contributed by atoms with E-state index in [0.29, 0.717) is 11.7 Å². The number of aromatic nitrogens is 2. The van der Waals surface area contributed by atoms with Gasteiger partial charge in [0.25, 0.3) is 0 Å². The first kappa shape index (κ1) is 15.4. The SMILES string of the molecule is Cc1cnc(SC(C)C(=O)NCc2ccc(F)cc2)nc1. The standard InChI is InChI=1S/C15H16FN3OS/c1-10-7-18-15(19-8-10)21-11(2)14(20)17-9-12-3-5-13(16)6-4-12/h3-8,11H,9H2,1-2H3,(H,17,20). The fourth-order valence-corrected chi connectivity index (χ4v) is 2.32. The van der Waals surface area contributed by atoms with Crippen LogP contribution in [0.15, 0.2) is 41.8 Å². The topological polar surface area (TPSA) is 54.9 Å². The maximum Gasteiger partial charge on any atom is 0.233 e. The Bertz CT molecular complexity index is 601. The molecule has 0 saturated heterocycles. The molecule has 0 aliphatic heterocycles. The van der Waals surface area contributed by atoms with Crippen LogP contribution in [0.1, 0.15) is 18.1 Å². The molecule has 0 aliphatic rings. The minimum absolute atomic E-state index is 0.103. The maximum absolute atomic E-state index is 12.8. The highest BCUT2D eigenvalue weighted by atomic mass is 32.2. The molecule has 1 aromatic heterocycles. The van der Waals surface area contributed by atoms with Gasteiger partial charge in [0.05, 0.1) is 5.25 Å². The summed E-state index contributed by atoms with van der Waals surface area (Å²) in [5, 5.41) is 3.09. The average molecular weight is 305 g/mol. The van der Waals surface area contributed by atoms with Crippen molar-refractivity contribution in [2.24, 2.45) is 0 Å². The van der Waals surface area contributed by atoms with Crippen LogP contribution in [0.2, 0.25) is 0 Å². The lowest BCUT2D eigenvalue weighted by Crippen LogP contribution is -2.30. The lowest BCUT2D eigenvalue weighted by Gasteiger charge is -2.11. The normalized spacial score (nSPS) is 12.0. The number of nitrogens with one attached hydrogen (secondary N) is 1. The van der Waals surface area contributed by atoms with Crippen LogP contribution >= 0.6 is 11.8 Å². The predicted octanol–water partition coefficient (Wildman–Crippen LogP) is 2.72. The molecule has 1 aromatic carbocycles. The first-order valence-corrected chi connectivity index (χ1v) is 7.40. The van der Waals surface area contributed by atoms with E-state index >= 15 is 0 Å². The van der Waals surface area contributed by atoms with Gasteiger partial charge in [-0.2, -0.15) is 0 Å². The molecule has 6 heteroatoms. The van der Waals surface area contributed by atoms with Crippen molar-refractivity contribution in [2.75, 3.05) is 0 Å². The number of halogens is 1. The molecule has 0 aliphatic carbocycles. The maximum atomic E-state index is 12.8. The second-order valence-corrected chi connectivity index (χ2v) is 5.96. The molecule has 21 heavy (non-hydrogen) atoms. The van der Waals surface area contributed by atoms with E-state index in [1.807, 2.05) is 6.92 Å². The molecule has 1 unspecified atom stereocenters. The summed E-state index contributed by atoms with van der Waals surface area (Å²) < 4.78 is 12.8. The van der Waals surface area contributed by atoms with Crippen LogP contribution in [0.5, 0.6) is 0 Å². The molecular formula is C15H16FN3OS. The predicted molar refractivity (Wildman–Crippen MR) is 80.3 cm³/mol. The summed E-state index contributed by atoms with van der Waals surface area (Å²) in [5.41, 5.74) is 1.83. The molecule has 2 rings (SSSR count). The molecule has 0 spiro atoms. The van der Waals surface area contributed by atoms with Crippen molar-refractivity contribution in [1.29, 1.82) is 0 Å². The van der Waals surface area contributed by atoms with Crippen molar-refractivity contribution in [2.45, 2.75) is 30.8 Å². The lowest BCUT2D eigenvalue weighted by molar-refractivity contribution is -0.120. The van der Waals surface area contributed by atoms with Gasteiger partial charge >= 0.3 is 0 Å². The number of benzene rings is 1. The number of carbonyl (C=O) groups is 1. The zero-order valence-corrected chi connectivity index (χ0v) is 12.7. The third-order valence-electron chi connectivity index (χ3n) is 2.79. The van der Waals surface area contributed by atoms with Gasteiger partial charge in [-0.1, -0.05) is 23.9 Å². The first-order chi connectivity index (χ1) is 10.0. The number of carbonyl (C=O) groups excluding carboxylic acids is 1. The van der Waals surface area contributed by atoms with Crippen molar-refractivity contribution >= 4 is 17.7 Å². The smallest absolute Gasteiger partial charge is 0.233 e. The Hall–Kier alpha value is -1.95. The number of amides is 1. The number of rotatable bonds is 5. The molecule has 1 heterocycles. The molecule has 110 valence electrons. The minimum atomic E-state index is -0.298. The fourth-order valence-electron chi connectivity index (χ4n) is 1.59. The molecule has 1 N–H and O–H groups in total. The quantitative estimate of drug-likeness (QED) is 0.681. The van der Waals surface area contributed by atoms with Gasteiger partial charge < -0.3 is 5.32 Å². The Morgan fingerprint density at radius 3 is 2.52 bits per heavy atom. The Kier molecular flexibility index (Phi) is 5.27. The molecule has 0 fully saturated rings. The molecule has 0 saturated carbocycles. The average Bonchev–Trinajstić information content (AvgIpc) is 2.48. The number of nitrogens with zero attached hydrogens (tertiary/aromatic N) is 2. The van der Waals surface area contributed by atoms with Gasteiger partial charge in [-0.3, -0.25) is 4.79 Å². The molecule has 1 amide bonds. The van der Waals surface area contributed by atoms with E-state index < -0.39 is 0 Å². The van der Waals surface area contributed by atoms with Crippen LogP contribution in [-0.4, -0.2) is 21.1 Å². The molecule has 4 nitrogen and oxygen atoms in total. The van der Waals surface area contributed by atoms with Crippen LogP contribution < -0.4 is 5.32 Å². The van der Waals surface area contributed by atoms with Gasteiger partial charge in [-0.15, -0.1) is 0 Å². The summed E-state index contributed by atoms with van der Waals surface area (Å²) in [6, 6.07) is 6.05. The van der Waals surface area contributed by atoms with Gasteiger partial charge in [0.2, 0.25) is 5.91 Å².